The van der Waals surface area contributed by atoms with E-state index in [0.717, 1.165) is 5.56 Å². The summed E-state index contributed by atoms with van der Waals surface area (Å²) in [5.41, 5.74) is 2.18. The number of aryl methyl sites for hydroxylation is 1. The molecule has 2 amide bonds. The van der Waals surface area contributed by atoms with Gasteiger partial charge in [-0.3, -0.25) is 4.72 Å². The van der Waals surface area contributed by atoms with Gasteiger partial charge >= 0.3 is 6.03 Å². The highest BCUT2D eigenvalue weighted by Crippen LogP contribution is 2.29. The minimum atomic E-state index is -3.69. The lowest BCUT2D eigenvalue weighted by molar-refractivity contribution is 0.262. The van der Waals surface area contributed by atoms with Crippen molar-refractivity contribution in [1.82, 2.24) is 0 Å². The Morgan fingerprint density at radius 3 is 2.10 bits per heavy atom. The van der Waals surface area contributed by atoms with Gasteiger partial charge in [-0.05, 0) is 55.5 Å². The van der Waals surface area contributed by atoms with Crippen LogP contribution in [0.5, 0.6) is 0 Å². The van der Waals surface area contributed by atoms with Crippen LogP contribution in [-0.4, -0.2) is 14.4 Å². The third kappa shape index (κ3) is 5.41. The normalized spacial score (nSPS) is 11.0. The number of rotatable bonds is 5. The van der Waals surface area contributed by atoms with E-state index in [4.69, 9.17) is 23.2 Å². The maximum Gasteiger partial charge on any atom is 0.323 e. The van der Waals surface area contributed by atoms with E-state index in [1.54, 1.807) is 66.7 Å². The van der Waals surface area contributed by atoms with Gasteiger partial charge in [-0.2, -0.15) is 0 Å². The van der Waals surface area contributed by atoms with E-state index in [0.29, 0.717) is 22.1 Å². The van der Waals surface area contributed by atoms with Crippen molar-refractivity contribution in [2.45, 2.75) is 11.8 Å². The van der Waals surface area contributed by atoms with Crippen molar-refractivity contribution in [3.63, 3.8) is 0 Å². The zero-order valence-electron chi connectivity index (χ0n) is 15.2. The van der Waals surface area contributed by atoms with Crippen molar-refractivity contribution in [2.24, 2.45) is 0 Å². The standard InChI is InChI=1S/C20H17Cl2N3O3S/c1-13-5-11-16(12-6-13)29(27,28)25-15-9-7-14(8-10-15)23-20(26)24-18-4-2-3-17(21)19(18)22/h2-12,25H,1H3,(H2,23,24,26). The number of anilines is 3. The van der Waals surface area contributed by atoms with Crippen molar-refractivity contribution in [3.05, 3.63) is 82.3 Å². The van der Waals surface area contributed by atoms with Gasteiger partial charge in [0.15, 0.2) is 0 Å². The van der Waals surface area contributed by atoms with Crippen LogP contribution in [0.15, 0.2) is 71.6 Å². The molecule has 0 spiro atoms. The summed E-state index contributed by atoms with van der Waals surface area (Å²) < 4.78 is 27.3. The fourth-order valence-corrected chi connectivity index (χ4v) is 3.84. The van der Waals surface area contributed by atoms with Crippen molar-refractivity contribution >= 4 is 56.3 Å². The predicted octanol–water partition coefficient (Wildman–Crippen LogP) is 5.75. The van der Waals surface area contributed by atoms with E-state index in [1.165, 1.54) is 0 Å². The van der Waals surface area contributed by atoms with Gasteiger partial charge in [-0.1, -0.05) is 47.0 Å². The van der Waals surface area contributed by atoms with Crippen LogP contribution in [-0.2, 0) is 10.0 Å². The van der Waals surface area contributed by atoms with Crippen molar-refractivity contribution < 1.29 is 13.2 Å². The molecule has 6 nitrogen and oxygen atoms in total. The molecule has 0 atom stereocenters. The fraction of sp³-hybridized carbons (Fsp3) is 0.0500. The van der Waals surface area contributed by atoms with E-state index < -0.39 is 16.1 Å². The molecule has 150 valence electrons. The molecule has 3 N–H and O–H groups in total. The van der Waals surface area contributed by atoms with Crippen molar-refractivity contribution in [3.8, 4) is 0 Å². The minimum absolute atomic E-state index is 0.170. The summed E-state index contributed by atoms with van der Waals surface area (Å²) in [4.78, 5) is 12.3. The first-order chi connectivity index (χ1) is 13.7. The average Bonchev–Trinajstić information content (AvgIpc) is 2.67. The van der Waals surface area contributed by atoms with Gasteiger partial charge in [-0.25, -0.2) is 13.2 Å². The Bertz CT molecular complexity index is 1130. The number of amides is 2. The molecule has 3 aromatic rings. The van der Waals surface area contributed by atoms with Gasteiger partial charge in [-0.15, -0.1) is 0 Å². The van der Waals surface area contributed by atoms with Crippen molar-refractivity contribution in [2.75, 3.05) is 15.4 Å². The molecule has 3 rings (SSSR count). The maximum absolute atomic E-state index is 12.4. The predicted molar refractivity (Wildman–Crippen MR) is 118 cm³/mol. The molecule has 3 aromatic carbocycles. The Kier molecular flexibility index (Phi) is 6.32. The molecule has 0 saturated carbocycles. The number of benzene rings is 3. The summed E-state index contributed by atoms with van der Waals surface area (Å²) in [5, 5.41) is 5.81. The van der Waals surface area contributed by atoms with E-state index >= 15 is 0 Å². The number of halogens is 2. The second-order valence-electron chi connectivity index (χ2n) is 6.18. The van der Waals surface area contributed by atoms with Gasteiger partial charge in [0.05, 0.1) is 20.6 Å². The number of sulfonamides is 1. The lowest BCUT2D eigenvalue weighted by Crippen LogP contribution is -2.19. The molecule has 9 heteroatoms. The summed E-state index contributed by atoms with van der Waals surface area (Å²) >= 11 is 12.0. The molecule has 0 aliphatic rings. The summed E-state index contributed by atoms with van der Waals surface area (Å²) in [7, 11) is -3.69. The molecular formula is C20H17Cl2N3O3S. The van der Waals surface area contributed by atoms with Crippen LogP contribution in [0, 0.1) is 6.92 Å². The van der Waals surface area contributed by atoms with Crippen LogP contribution < -0.4 is 15.4 Å². The Morgan fingerprint density at radius 2 is 1.45 bits per heavy atom. The van der Waals surface area contributed by atoms with Crippen LogP contribution in [0.2, 0.25) is 10.0 Å². The first-order valence-electron chi connectivity index (χ1n) is 8.46. The molecule has 0 unspecified atom stereocenters. The number of hydrogen-bond acceptors (Lipinski definition) is 3. The first-order valence-corrected chi connectivity index (χ1v) is 10.7. The highest BCUT2D eigenvalue weighted by atomic mass is 35.5. The van der Waals surface area contributed by atoms with Gasteiger partial charge in [0.2, 0.25) is 0 Å². The van der Waals surface area contributed by atoms with Crippen LogP contribution in [0.3, 0.4) is 0 Å². The largest absolute Gasteiger partial charge is 0.323 e. The third-order valence-electron chi connectivity index (χ3n) is 3.93. The summed E-state index contributed by atoms with van der Waals surface area (Å²) in [5.74, 6) is 0. The van der Waals surface area contributed by atoms with Crippen LogP contribution in [0.25, 0.3) is 0 Å². The van der Waals surface area contributed by atoms with E-state index in [2.05, 4.69) is 15.4 Å². The molecular weight excluding hydrogens is 433 g/mol. The summed E-state index contributed by atoms with van der Waals surface area (Å²) in [6, 6.07) is 17.2. The molecule has 0 saturated heterocycles. The second-order valence-corrected chi connectivity index (χ2v) is 8.64. The smallest absolute Gasteiger partial charge is 0.308 e. The Morgan fingerprint density at radius 1 is 0.828 bits per heavy atom. The molecule has 0 bridgehead atoms. The number of carbonyl (C=O) groups is 1. The summed E-state index contributed by atoms with van der Waals surface area (Å²) in [6.45, 7) is 1.88. The lowest BCUT2D eigenvalue weighted by atomic mass is 10.2. The van der Waals surface area contributed by atoms with E-state index in [-0.39, 0.29) is 9.92 Å². The Labute approximate surface area is 178 Å². The van der Waals surface area contributed by atoms with Gasteiger partial charge in [0, 0.05) is 11.4 Å². The zero-order valence-corrected chi connectivity index (χ0v) is 17.6. The van der Waals surface area contributed by atoms with Gasteiger partial charge in [0.25, 0.3) is 10.0 Å². The second kappa shape index (κ2) is 8.73. The van der Waals surface area contributed by atoms with E-state index in [1.807, 2.05) is 6.92 Å². The van der Waals surface area contributed by atoms with Gasteiger partial charge < -0.3 is 10.6 Å². The third-order valence-corrected chi connectivity index (χ3v) is 6.14. The highest BCUT2D eigenvalue weighted by Gasteiger charge is 2.14. The molecule has 0 fully saturated rings. The quantitative estimate of drug-likeness (QED) is 0.463. The molecule has 0 heterocycles. The number of urea groups is 1. The number of hydrogen-bond donors (Lipinski definition) is 3. The minimum Gasteiger partial charge on any atom is -0.308 e. The van der Waals surface area contributed by atoms with Gasteiger partial charge in [0.1, 0.15) is 0 Å². The molecule has 0 aliphatic heterocycles. The molecule has 0 aliphatic carbocycles. The monoisotopic (exact) mass is 449 g/mol. The summed E-state index contributed by atoms with van der Waals surface area (Å²) in [6.07, 6.45) is 0. The zero-order chi connectivity index (χ0) is 21.0. The van der Waals surface area contributed by atoms with Crippen LogP contribution in [0.4, 0.5) is 21.9 Å². The molecule has 0 aromatic heterocycles. The van der Waals surface area contributed by atoms with Crippen molar-refractivity contribution in [1.29, 1.82) is 0 Å². The van der Waals surface area contributed by atoms with Crippen LogP contribution >= 0.6 is 23.2 Å². The molecule has 29 heavy (non-hydrogen) atoms. The SMILES string of the molecule is Cc1ccc(S(=O)(=O)Nc2ccc(NC(=O)Nc3cccc(Cl)c3Cl)cc2)cc1. The first kappa shape index (κ1) is 21.0. The Hall–Kier alpha value is -2.74. The van der Waals surface area contributed by atoms with Crippen LogP contribution in [0.1, 0.15) is 5.56 Å². The topological polar surface area (TPSA) is 87.3 Å². The number of carbonyl (C=O) groups excluding carboxylic acids is 1. The average molecular weight is 450 g/mol. The maximum atomic E-state index is 12.4. The lowest BCUT2D eigenvalue weighted by Gasteiger charge is -2.11. The van der Waals surface area contributed by atoms with E-state index in [9.17, 15) is 13.2 Å². The number of nitrogens with one attached hydrogen (secondary N) is 3. The Balaban J connectivity index is 1.64. The molecule has 0 radical (unpaired) electrons. The fourth-order valence-electron chi connectivity index (χ4n) is 2.44. The highest BCUT2D eigenvalue weighted by molar-refractivity contribution is 7.92.